The van der Waals surface area contributed by atoms with Gasteiger partial charge in [-0.3, -0.25) is 14.4 Å². The van der Waals surface area contributed by atoms with Crippen molar-refractivity contribution in [2.75, 3.05) is 44.7 Å². The van der Waals surface area contributed by atoms with E-state index >= 15 is 0 Å². The van der Waals surface area contributed by atoms with Gasteiger partial charge in [0.05, 0.1) is 11.8 Å². The Bertz CT molecular complexity index is 671. The minimum Gasteiger partial charge on any atom is -0.335 e. The number of rotatable bonds is 5. The maximum absolute atomic E-state index is 12.6. The minimum atomic E-state index is -2.94. The summed E-state index contributed by atoms with van der Waals surface area (Å²) in [6, 6.07) is 2.26. The molecule has 24 heavy (non-hydrogen) atoms. The highest BCUT2D eigenvalue weighted by Crippen LogP contribution is 2.28. The monoisotopic (exact) mass is 354 g/mol. The lowest BCUT2D eigenvalue weighted by Gasteiger charge is -2.34. The summed E-state index contributed by atoms with van der Waals surface area (Å²) in [4.78, 5) is 16.5. The molecule has 8 heteroatoms. The van der Waals surface area contributed by atoms with Crippen LogP contribution in [0.25, 0.3) is 0 Å². The Labute approximate surface area is 143 Å². The van der Waals surface area contributed by atoms with Crippen molar-refractivity contribution in [3.8, 4) is 0 Å². The second-order valence-corrected chi connectivity index (χ2v) is 9.14. The fourth-order valence-electron chi connectivity index (χ4n) is 3.46. The van der Waals surface area contributed by atoms with Crippen molar-refractivity contribution >= 4 is 15.7 Å². The number of amides is 1. The van der Waals surface area contributed by atoms with Gasteiger partial charge in [-0.1, -0.05) is 12.8 Å². The number of carbonyl (C=O) groups is 1. The first-order valence-corrected chi connectivity index (χ1v) is 10.7. The molecule has 0 radical (unpaired) electrons. The molecule has 7 nitrogen and oxygen atoms in total. The first-order chi connectivity index (χ1) is 11.4. The van der Waals surface area contributed by atoms with Crippen LogP contribution in [-0.2, 0) is 9.84 Å². The Morgan fingerprint density at radius 3 is 2.50 bits per heavy atom. The molecule has 1 aliphatic carbocycles. The van der Waals surface area contributed by atoms with E-state index in [1.54, 1.807) is 0 Å². The highest BCUT2D eigenvalue weighted by molar-refractivity contribution is 7.90. The summed E-state index contributed by atoms with van der Waals surface area (Å²) in [5.74, 6) is 0.154. The standard InChI is InChI=1S/C16H26N4O3S/c1-24(22,23)13-12-18-8-10-19(11-9-18)16(21)15-6-7-20(17-15)14-4-2-3-5-14/h6-7,14H,2-5,8-13H2,1H3. The van der Waals surface area contributed by atoms with Crippen LogP contribution in [0, 0.1) is 0 Å². The first kappa shape index (κ1) is 17.4. The van der Waals surface area contributed by atoms with E-state index in [9.17, 15) is 13.2 Å². The normalized spacial score (nSPS) is 20.6. The van der Waals surface area contributed by atoms with Crippen LogP contribution in [0.15, 0.2) is 12.3 Å². The molecule has 1 saturated heterocycles. The average Bonchev–Trinajstić information content (AvgIpc) is 3.23. The third-order valence-corrected chi connectivity index (χ3v) is 5.89. The van der Waals surface area contributed by atoms with Crippen molar-refractivity contribution in [2.24, 2.45) is 0 Å². The Hall–Kier alpha value is -1.41. The highest BCUT2D eigenvalue weighted by atomic mass is 32.2. The molecule has 1 saturated carbocycles. The van der Waals surface area contributed by atoms with Crippen molar-refractivity contribution < 1.29 is 13.2 Å². The maximum atomic E-state index is 12.6. The van der Waals surface area contributed by atoms with Crippen LogP contribution in [0.2, 0.25) is 0 Å². The summed E-state index contributed by atoms with van der Waals surface area (Å²) in [6.45, 7) is 3.21. The van der Waals surface area contributed by atoms with Crippen LogP contribution in [-0.4, -0.2) is 78.6 Å². The Balaban J connectivity index is 1.51. The molecule has 1 aromatic heterocycles. The summed E-state index contributed by atoms with van der Waals surface area (Å²) in [7, 11) is -2.94. The summed E-state index contributed by atoms with van der Waals surface area (Å²) in [6.07, 6.45) is 7.95. The number of carbonyl (C=O) groups excluding carboxylic acids is 1. The number of hydrogen-bond donors (Lipinski definition) is 0. The van der Waals surface area contributed by atoms with Gasteiger partial charge in [0.2, 0.25) is 0 Å². The number of aromatic nitrogens is 2. The Morgan fingerprint density at radius 2 is 1.88 bits per heavy atom. The fraction of sp³-hybridized carbons (Fsp3) is 0.750. The van der Waals surface area contributed by atoms with E-state index in [0.717, 1.165) is 12.8 Å². The zero-order chi connectivity index (χ0) is 17.2. The minimum absolute atomic E-state index is 0.0190. The van der Waals surface area contributed by atoms with Crippen molar-refractivity contribution in [1.82, 2.24) is 19.6 Å². The van der Waals surface area contributed by atoms with Crippen LogP contribution >= 0.6 is 0 Å². The average molecular weight is 354 g/mol. The third-order valence-electron chi connectivity index (χ3n) is 4.96. The van der Waals surface area contributed by atoms with E-state index in [2.05, 4.69) is 10.00 Å². The largest absolute Gasteiger partial charge is 0.335 e. The van der Waals surface area contributed by atoms with E-state index in [0.29, 0.717) is 44.5 Å². The van der Waals surface area contributed by atoms with Gasteiger partial charge in [0.15, 0.2) is 0 Å². The lowest BCUT2D eigenvalue weighted by molar-refractivity contribution is 0.0637. The van der Waals surface area contributed by atoms with E-state index in [1.807, 2.05) is 21.8 Å². The SMILES string of the molecule is CS(=O)(=O)CCN1CCN(C(=O)c2ccn(C3CCCC3)n2)CC1. The molecule has 1 amide bonds. The van der Waals surface area contributed by atoms with Gasteiger partial charge in [-0.05, 0) is 18.9 Å². The van der Waals surface area contributed by atoms with Gasteiger partial charge in [0.25, 0.3) is 5.91 Å². The van der Waals surface area contributed by atoms with E-state index in [4.69, 9.17) is 0 Å². The van der Waals surface area contributed by atoms with E-state index in [1.165, 1.54) is 19.1 Å². The van der Waals surface area contributed by atoms with Gasteiger partial charge in [0.1, 0.15) is 15.5 Å². The third kappa shape index (κ3) is 4.36. The quantitative estimate of drug-likeness (QED) is 0.782. The van der Waals surface area contributed by atoms with Crippen LogP contribution in [0.3, 0.4) is 0 Å². The van der Waals surface area contributed by atoms with Crippen molar-refractivity contribution in [3.05, 3.63) is 18.0 Å². The molecule has 2 fully saturated rings. The Morgan fingerprint density at radius 1 is 1.21 bits per heavy atom. The summed E-state index contributed by atoms with van der Waals surface area (Å²) in [5, 5.41) is 4.49. The summed E-state index contributed by atoms with van der Waals surface area (Å²) >= 11 is 0. The molecule has 0 aromatic carbocycles. The number of piperazine rings is 1. The second-order valence-electron chi connectivity index (χ2n) is 6.88. The molecule has 0 unspecified atom stereocenters. The maximum Gasteiger partial charge on any atom is 0.274 e. The number of nitrogens with zero attached hydrogens (tertiary/aromatic N) is 4. The predicted octanol–water partition coefficient (Wildman–Crippen LogP) is 0.801. The smallest absolute Gasteiger partial charge is 0.274 e. The lowest BCUT2D eigenvalue weighted by atomic mass is 10.3. The van der Waals surface area contributed by atoms with Crippen molar-refractivity contribution in [3.63, 3.8) is 0 Å². The van der Waals surface area contributed by atoms with Gasteiger partial charge in [0, 0.05) is 45.2 Å². The van der Waals surface area contributed by atoms with Gasteiger partial charge >= 0.3 is 0 Å². The molecule has 134 valence electrons. The van der Waals surface area contributed by atoms with Crippen LogP contribution in [0.4, 0.5) is 0 Å². The predicted molar refractivity (Wildman–Crippen MR) is 91.8 cm³/mol. The van der Waals surface area contributed by atoms with Crippen molar-refractivity contribution in [2.45, 2.75) is 31.7 Å². The molecule has 0 spiro atoms. The zero-order valence-electron chi connectivity index (χ0n) is 14.2. The molecule has 0 bridgehead atoms. The molecular weight excluding hydrogens is 328 g/mol. The number of hydrogen-bond acceptors (Lipinski definition) is 5. The first-order valence-electron chi connectivity index (χ1n) is 8.67. The molecule has 2 aliphatic rings. The molecular formula is C16H26N4O3S. The summed E-state index contributed by atoms with van der Waals surface area (Å²) in [5.41, 5.74) is 0.520. The van der Waals surface area contributed by atoms with Crippen molar-refractivity contribution in [1.29, 1.82) is 0 Å². The molecule has 0 N–H and O–H groups in total. The van der Waals surface area contributed by atoms with Gasteiger partial charge in [-0.2, -0.15) is 5.10 Å². The van der Waals surface area contributed by atoms with Gasteiger partial charge in [-0.25, -0.2) is 8.42 Å². The highest BCUT2D eigenvalue weighted by Gasteiger charge is 2.25. The number of sulfone groups is 1. The topological polar surface area (TPSA) is 75.5 Å². The molecule has 0 atom stereocenters. The fourth-order valence-corrected chi connectivity index (χ4v) is 4.05. The molecule has 2 heterocycles. The van der Waals surface area contributed by atoms with Gasteiger partial charge < -0.3 is 4.90 Å². The van der Waals surface area contributed by atoms with Crippen LogP contribution < -0.4 is 0 Å². The van der Waals surface area contributed by atoms with E-state index in [-0.39, 0.29) is 11.7 Å². The van der Waals surface area contributed by atoms with Crippen LogP contribution in [0.1, 0.15) is 42.2 Å². The second kappa shape index (κ2) is 7.23. The summed E-state index contributed by atoms with van der Waals surface area (Å²) < 4.78 is 24.4. The zero-order valence-corrected chi connectivity index (χ0v) is 15.0. The molecule has 1 aliphatic heterocycles. The molecule has 3 rings (SSSR count). The van der Waals surface area contributed by atoms with Crippen LogP contribution in [0.5, 0.6) is 0 Å². The Kier molecular flexibility index (Phi) is 5.24. The molecule has 1 aromatic rings. The lowest BCUT2D eigenvalue weighted by Crippen LogP contribution is -2.49. The van der Waals surface area contributed by atoms with Gasteiger partial charge in [-0.15, -0.1) is 0 Å². The van der Waals surface area contributed by atoms with E-state index < -0.39 is 9.84 Å².